The smallest absolute Gasteiger partial charge is 0.253 e. The summed E-state index contributed by atoms with van der Waals surface area (Å²) in [6.07, 6.45) is -0.332. The van der Waals surface area contributed by atoms with Crippen molar-refractivity contribution in [3.8, 4) is 0 Å². The number of likely N-dealkylation sites (N-methyl/N-ethyl adjacent to an activating group) is 2. The molecule has 0 aliphatic carbocycles. The molecular formula is C18H27N3O2. The SMILES string of the molecule is CCN1CCO[C@H](C(=O)N2Cc3ccccc3N(C)C[C@@H]2C)C1. The average molecular weight is 317 g/mol. The van der Waals surface area contributed by atoms with Gasteiger partial charge in [0.2, 0.25) is 0 Å². The number of ether oxygens (including phenoxy) is 1. The van der Waals surface area contributed by atoms with Crippen molar-refractivity contribution in [3.05, 3.63) is 29.8 Å². The van der Waals surface area contributed by atoms with E-state index in [2.05, 4.69) is 48.9 Å². The standard InChI is InChI=1S/C18H27N3O2/c1-4-20-9-10-23-17(13-20)18(22)21-12-15-7-5-6-8-16(15)19(3)11-14(21)2/h5-8,14,17H,4,9-13H2,1-3H3/t14-,17-/m0/s1. The maximum Gasteiger partial charge on any atom is 0.253 e. The van der Waals surface area contributed by atoms with Crippen LogP contribution in [0.25, 0.3) is 0 Å². The summed E-state index contributed by atoms with van der Waals surface area (Å²) in [5.74, 6) is 0.126. The summed E-state index contributed by atoms with van der Waals surface area (Å²) in [4.78, 5) is 19.6. The van der Waals surface area contributed by atoms with E-state index in [9.17, 15) is 4.79 Å². The molecule has 1 aromatic carbocycles. The Labute approximate surface area is 138 Å². The van der Waals surface area contributed by atoms with Crippen molar-refractivity contribution in [3.63, 3.8) is 0 Å². The van der Waals surface area contributed by atoms with Crippen molar-refractivity contribution in [2.45, 2.75) is 32.5 Å². The van der Waals surface area contributed by atoms with Crippen LogP contribution in [-0.2, 0) is 16.1 Å². The molecule has 2 heterocycles. The zero-order valence-electron chi connectivity index (χ0n) is 14.4. The number of rotatable bonds is 2. The third kappa shape index (κ3) is 3.35. The van der Waals surface area contributed by atoms with Crippen LogP contribution in [0.5, 0.6) is 0 Å². The number of anilines is 1. The molecule has 0 spiro atoms. The Morgan fingerprint density at radius 3 is 2.87 bits per heavy atom. The van der Waals surface area contributed by atoms with Gasteiger partial charge in [-0.1, -0.05) is 25.1 Å². The maximum absolute atomic E-state index is 13.1. The second-order valence-electron chi connectivity index (χ2n) is 6.58. The Bertz CT molecular complexity index is 563. The first-order valence-electron chi connectivity index (χ1n) is 8.53. The predicted molar refractivity (Wildman–Crippen MR) is 91.6 cm³/mol. The van der Waals surface area contributed by atoms with E-state index in [0.717, 1.165) is 19.6 Å². The molecule has 1 fully saturated rings. The Morgan fingerprint density at radius 1 is 1.30 bits per heavy atom. The first kappa shape index (κ1) is 16.3. The molecule has 2 atom stereocenters. The van der Waals surface area contributed by atoms with Gasteiger partial charge in [-0.05, 0) is 25.1 Å². The van der Waals surface area contributed by atoms with E-state index in [1.54, 1.807) is 0 Å². The molecule has 5 nitrogen and oxygen atoms in total. The van der Waals surface area contributed by atoms with Gasteiger partial charge in [-0.2, -0.15) is 0 Å². The van der Waals surface area contributed by atoms with Gasteiger partial charge in [0, 0.05) is 45.0 Å². The minimum atomic E-state index is -0.332. The summed E-state index contributed by atoms with van der Waals surface area (Å²) in [6.45, 7) is 8.99. The monoisotopic (exact) mass is 317 g/mol. The molecule has 1 aromatic rings. The van der Waals surface area contributed by atoms with E-state index in [1.165, 1.54) is 11.3 Å². The Kier molecular flexibility index (Phi) is 4.87. The highest BCUT2D eigenvalue weighted by molar-refractivity contribution is 5.82. The van der Waals surface area contributed by atoms with Gasteiger partial charge < -0.3 is 14.5 Å². The fourth-order valence-corrected chi connectivity index (χ4v) is 3.57. The number of hydrogen-bond donors (Lipinski definition) is 0. The quantitative estimate of drug-likeness (QED) is 0.830. The van der Waals surface area contributed by atoms with Crippen molar-refractivity contribution >= 4 is 11.6 Å². The zero-order chi connectivity index (χ0) is 16.4. The summed E-state index contributed by atoms with van der Waals surface area (Å²) in [5.41, 5.74) is 2.42. The lowest BCUT2D eigenvalue weighted by molar-refractivity contribution is -0.151. The van der Waals surface area contributed by atoms with Gasteiger partial charge in [-0.25, -0.2) is 0 Å². The third-order valence-corrected chi connectivity index (χ3v) is 4.97. The molecule has 0 unspecified atom stereocenters. The minimum absolute atomic E-state index is 0.126. The summed E-state index contributed by atoms with van der Waals surface area (Å²) >= 11 is 0. The molecule has 23 heavy (non-hydrogen) atoms. The van der Waals surface area contributed by atoms with Crippen LogP contribution in [0.4, 0.5) is 5.69 Å². The summed E-state index contributed by atoms with van der Waals surface area (Å²) in [7, 11) is 2.10. The molecule has 0 radical (unpaired) electrons. The lowest BCUT2D eigenvalue weighted by Crippen LogP contribution is -2.53. The van der Waals surface area contributed by atoms with Crippen molar-refractivity contribution in [1.29, 1.82) is 0 Å². The van der Waals surface area contributed by atoms with Crippen LogP contribution in [-0.4, -0.2) is 67.7 Å². The number of hydrogen-bond acceptors (Lipinski definition) is 4. The maximum atomic E-state index is 13.1. The van der Waals surface area contributed by atoms with E-state index in [-0.39, 0.29) is 18.1 Å². The van der Waals surface area contributed by atoms with Crippen LogP contribution in [0.3, 0.4) is 0 Å². The molecule has 1 saturated heterocycles. The highest BCUT2D eigenvalue weighted by Crippen LogP contribution is 2.26. The van der Waals surface area contributed by atoms with Crippen LogP contribution in [0.2, 0.25) is 0 Å². The molecule has 2 aliphatic rings. The van der Waals surface area contributed by atoms with E-state index in [4.69, 9.17) is 4.74 Å². The molecular weight excluding hydrogens is 290 g/mol. The molecule has 5 heteroatoms. The Balaban J connectivity index is 1.80. The van der Waals surface area contributed by atoms with E-state index >= 15 is 0 Å². The Morgan fingerprint density at radius 2 is 2.09 bits per heavy atom. The van der Waals surface area contributed by atoms with Gasteiger partial charge in [-0.15, -0.1) is 0 Å². The molecule has 0 aromatic heterocycles. The first-order valence-corrected chi connectivity index (χ1v) is 8.53. The number of carbonyl (C=O) groups excluding carboxylic acids is 1. The van der Waals surface area contributed by atoms with Crippen molar-refractivity contribution < 1.29 is 9.53 Å². The topological polar surface area (TPSA) is 36.0 Å². The predicted octanol–water partition coefficient (Wildman–Crippen LogP) is 1.57. The van der Waals surface area contributed by atoms with Gasteiger partial charge in [-0.3, -0.25) is 9.69 Å². The van der Waals surface area contributed by atoms with Crippen molar-refractivity contribution in [2.24, 2.45) is 0 Å². The number of benzene rings is 1. The lowest BCUT2D eigenvalue weighted by atomic mass is 10.1. The largest absolute Gasteiger partial charge is 0.372 e. The van der Waals surface area contributed by atoms with Crippen LogP contribution < -0.4 is 4.90 Å². The normalized spacial score (nSPS) is 25.9. The fourth-order valence-electron chi connectivity index (χ4n) is 3.57. The summed E-state index contributed by atoms with van der Waals surface area (Å²) < 4.78 is 5.78. The third-order valence-electron chi connectivity index (χ3n) is 4.97. The highest BCUT2D eigenvalue weighted by atomic mass is 16.5. The molecule has 1 amide bonds. The van der Waals surface area contributed by atoms with Gasteiger partial charge in [0.25, 0.3) is 5.91 Å². The zero-order valence-corrected chi connectivity index (χ0v) is 14.4. The molecule has 0 N–H and O–H groups in total. The second-order valence-corrected chi connectivity index (χ2v) is 6.58. The summed E-state index contributed by atoms with van der Waals surface area (Å²) in [6, 6.07) is 8.51. The highest BCUT2D eigenvalue weighted by Gasteiger charge is 2.34. The molecule has 0 bridgehead atoms. The first-order chi connectivity index (χ1) is 11.1. The number of morpholine rings is 1. The Hall–Kier alpha value is -1.59. The molecule has 126 valence electrons. The number of nitrogens with zero attached hydrogens (tertiary/aromatic N) is 3. The number of fused-ring (bicyclic) bond motifs is 1. The minimum Gasteiger partial charge on any atom is -0.372 e. The summed E-state index contributed by atoms with van der Waals surface area (Å²) in [5, 5.41) is 0. The van der Waals surface area contributed by atoms with Crippen LogP contribution in [0.15, 0.2) is 24.3 Å². The van der Waals surface area contributed by atoms with Crippen LogP contribution in [0.1, 0.15) is 19.4 Å². The molecule has 2 aliphatic heterocycles. The fraction of sp³-hybridized carbons (Fsp3) is 0.611. The van der Waals surface area contributed by atoms with Crippen LogP contribution >= 0.6 is 0 Å². The number of carbonyl (C=O) groups is 1. The van der Waals surface area contributed by atoms with Crippen molar-refractivity contribution in [2.75, 3.05) is 44.7 Å². The lowest BCUT2D eigenvalue weighted by Gasteiger charge is -2.36. The number of para-hydroxylation sites is 1. The molecule has 0 saturated carbocycles. The number of amides is 1. The second kappa shape index (κ2) is 6.89. The average Bonchev–Trinajstić information content (AvgIpc) is 2.71. The molecule has 3 rings (SSSR count). The van der Waals surface area contributed by atoms with Crippen molar-refractivity contribution in [1.82, 2.24) is 9.80 Å². The van der Waals surface area contributed by atoms with E-state index < -0.39 is 0 Å². The van der Waals surface area contributed by atoms with Gasteiger partial charge >= 0.3 is 0 Å². The van der Waals surface area contributed by atoms with Gasteiger partial charge in [0.05, 0.1) is 6.61 Å². The van der Waals surface area contributed by atoms with E-state index in [0.29, 0.717) is 19.7 Å². The van der Waals surface area contributed by atoms with Gasteiger partial charge in [0.15, 0.2) is 0 Å². The van der Waals surface area contributed by atoms with Crippen LogP contribution in [0, 0.1) is 0 Å². The van der Waals surface area contributed by atoms with Gasteiger partial charge in [0.1, 0.15) is 6.10 Å². The van der Waals surface area contributed by atoms with E-state index in [1.807, 2.05) is 11.0 Å².